The van der Waals surface area contributed by atoms with E-state index in [1.807, 2.05) is 13.8 Å². The number of aromatic nitrogens is 1. The molecular weight excluding hydrogens is 349 g/mol. The molecule has 0 radical (unpaired) electrons. The molecule has 1 aromatic carbocycles. The number of nitrogens with zero attached hydrogens (tertiary/aromatic N) is 1. The first-order valence-corrected chi connectivity index (χ1v) is 8.20. The van der Waals surface area contributed by atoms with Crippen LogP contribution in [0.25, 0.3) is 0 Å². The summed E-state index contributed by atoms with van der Waals surface area (Å²) in [5, 5.41) is 6.25. The predicted octanol–water partition coefficient (Wildman–Crippen LogP) is 4.17. The van der Waals surface area contributed by atoms with Gasteiger partial charge in [-0.2, -0.15) is 0 Å². The van der Waals surface area contributed by atoms with Gasteiger partial charge in [0.05, 0.1) is 10.7 Å². The molecule has 0 bridgehead atoms. The minimum atomic E-state index is -0.475. The first-order chi connectivity index (χ1) is 11.4. The molecule has 1 unspecified atom stereocenters. The van der Waals surface area contributed by atoms with Crippen LogP contribution >= 0.6 is 23.2 Å². The number of benzene rings is 1. The lowest BCUT2D eigenvalue weighted by Crippen LogP contribution is -2.32. The summed E-state index contributed by atoms with van der Waals surface area (Å²) in [7, 11) is 0. The Balaban J connectivity index is 2.17. The van der Waals surface area contributed by atoms with Crippen LogP contribution in [0, 0.1) is 0 Å². The zero-order valence-corrected chi connectivity index (χ0v) is 14.8. The van der Waals surface area contributed by atoms with Gasteiger partial charge in [0, 0.05) is 11.1 Å². The molecule has 0 spiro atoms. The third-order valence-electron chi connectivity index (χ3n) is 3.38. The summed E-state index contributed by atoms with van der Waals surface area (Å²) < 4.78 is 0. The van der Waals surface area contributed by atoms with Crippen molar-refractivity contribution in [3.8, 4) is 0 Å². The molecule has 0 saturated carbocycles. The Kier molecular flexibility index (Phi) is 6.17. The molecule has 2 amide bonds. The van der Waals surface area contributed by atoms with Gasteiger partial charge in [-0.05, 0) is 43.7 Å². The number of hydrogen-bond acceptors (Lipinski definition) is 3. The van der Waals surface area contributed by atoms with Crippen molar-refractivity contribution >= 4 is 40.7 Å². The van der Waals surface area contributed by atoms with Gasteiger partial charge in [-0.25, -0.2) is 4.98 Å². The van der Waals surface area contributed by atoms with E-state index in [0.29, 0.717) is 15.7 Å². The maximum Gasteiger partial charge on any atom is 0.274 e. The highest BCUT2D eigenvalue weighted by Gasteiger charge is 2.15. The monoisotopic (exact) mass is 365 g/mol. The SMILES string of the molecule is CCC(C)NC(=O)c1cccc(C(=O)Nc2cc(Cl)ccc2Cl)n1. The Morgan fingerprint density at radius 2 is 1.79 bits per heavy atom. The van der Waals surface area contributed by atoms with Crippen molar-refractivity contribution in [3.63, 3.8) is 0 Å². The van der Waals surface area contributed by atoms with E-state index in [1.165, 1.54) is 6.07 Å². The van der Waals surface area contributed by atoms with Crippen LogP contribution in [-0.2, 0) is 0 Å². The second kappa shape index (κ2) is 8.13. The molecule has 1 heterocycles. The van der Waals surface area contributed by atoms with E-state index in [1.54, 1.807) is 30.3 Å². The molecule has 0 saturated heterocycles. The zero-order valence-electron chi connectivity index (χ0n) is 13.3. The van der Waals surface area contributed by atoms with Crippen molar-refractivity contribution in [3.05, 3.63) is 57.8 Å². The lowest BCUT2D eigenvalue weighted by atomic mass is 10.2. The van der Waals surface area contributed by atoms with Crippen LogP contribution in [0.4, 0.5) is 5.69 Å². The molecule has 0 fully saturated rings. The van der Waals surface area contributed by atoms with E-state index >= 15 is 0 Å². The maximum atomic E-state index is 12.3. The molecule has 24 heavy (non-hydrogen) atoms. The quantitative estimate of drug-likeness (QED) is 0.834. The highest BCUT2D eigenvalue weighted by Crippen LogP contribution is 2.25. The van der Waals surface area contributed by atoms with E-state index in [2.05, 4.69) is 15.6 Å². The molecular formula is C17H17Cl2N3O2. The molecule has 0 aliphatic carbocycles. The smallest absolute Gasteiger partial charge is 0.274 e. The van der Waals surface area contributed by atoms with Crippen molar-refractivity contribution in [2.75, 3.05) is 5.32 Å². The van der Waals surface area contributed by atoms with Crippen molar-refractivity contribution in [1.82, 2.24) is 10.3 Å². The second-order valence-corrected chi connectivity index (χ2v) is 6.11. The molecule has 2 rings (SSSR count). The summed E-state index contributed by atoms with van der Waals surface area (Å²) in [6, 6.07) is 9.46. The van der Waals surface area contributed by atoms with Gasteiger partial charge < -0.3 is 10.6 Å². The minimum absolute atomic E-state index is 0.0297. The van der Waals surface area contributed by atoms with Crippen molar-refractivity contribution < 1.29 is 9.59 Å². The van der Waals surface area contributed by atoms with Gasteiger partial charge in [-0.15, -0.1) is 0 Å². The average molecular weight is 366 g/mol. The highest BCUT2D eigenvalue weighted by molar-refractivity contribution is 6.35. The Morgan fingerprint density at radius 3 is 2.46 bits per heavy atom. The van der Waals surface area contributed by atoms with Crippen molar-refractivity contribution in [2.24, 2.45) is 0 Å². The van der Waals surface area contributed by atoms with Gasteiger partial charge >= 0.3 is 0 Å². The number of hydrogen-bond donors (Lipinski definition) is 2. The van der Waals surface area contributed by atoms with Crippen LogP contribution in [0.1, 0.15) is 41.2 Å². The normalized spacial score (nSPS) is 11.7. The van der Waals surface area contributed by atoms with Gasteiger partial charge in [0.1, 0.15) is 11.4 Å². The third-order valence-corrected chi connectivity index (χ3v) is 3.95. The molecule has 0 aliphatic heterocycles. The van der Waals surface area contributed by atoms with E-state index < -0.39 is 5.91 Å². The van der Waals surface area contributed by atoms with Gasteiger partial charge in [0.25, 0.3) is 11.8 Å². The standard InChI is InChI=1S/C17H17Cl2N3O2/c1-3-10(2)20-16(23)13-5-4-6-14(21-13)17(24)22-15-9-11(18)7-8-12(15)19/h4-10H,3H2,1-2H3,(H,20,23)(H,22,24). The number of amides is 2. The summed E-state index contributed by atoms with van der Waals surface area (Å²) >= 11 is 11.9. The molecule has 1 aromatic heterocycles. The average Bonchev–Trinajstić information content (AvgIpc) is 2.58. The molecule has 2 aromatic rings. The van der Waals surface area contributed by atoms with Crippen molar-refractivity contribution in [2.45, 2.75) is 26.3 Å². The van der Waals surface area contributed by atoms with Gasteiger partial charge in [0.2, 0.25) is 0 Å². The second-order valence-electron chi connectivity index (χ2n) is 5.27. The fourth-order valence-electron chi connectivity index (χ4n) is 1.87. The zero-order chi connectivity index (χ0) is 17.7. The number of carbonyl (C=O) groups excluding carboxylic acids is 2. The topological polar surface area (TPSA) is 71.1 Å². The summed E-state index contributed by atoms with van der Waals surface area (Å²) in [5.41, 5.74) is 0.674. The molecule has 0 aliphatic rings. The summed E-state index contributed by atoms with van der Waals surface area (Å²) in [5.74, 6) is -0.794. The fourth-order valence-corrected chi connectivity index (χ4v) is 2.20. The van der Waals surface area contributed by atoms with Crippen LogP contribution in [0.15, 0.2) is 36.4 Å². The Morgan fingerprint density at radius 1 is 1.12 bits per heavy atom. The fraction of sp³-hybridized carbons (Fsp3) is 0.235. The minimum Gasteiger partial charge on any atom is -0.348 e. The number of halogens is 2. The van der Waals surface area contributed by atoms with Gasteiger partial charge in [-0.1, -0.05) is 36.2 Å². The Labute approximate surface area is 150 Å². The number of carbonyl (C=O) groups is 2. The van der Waals surface area contributed by atoms with Crippen LogP contribution < -0.4 is 10.6 Å². The lowest BCUT2D eigenvalue weighted by Gasteiger charge is -2.11. The van der Waals surface area contributed by atoms with E-state index in [9.17, 15) is 9.59 Å². The largest absolute Gasteiger partial charge is 0.348 e. The third kappa shape index (κ3) is 4.69. The van der Waals surface area contributed by atoms with Gasteiger partial charge in [0.15, 0.2) is 0 Å². The Bertz CT molecular complexity index is 765. The summed E-state index contributed by atoms with van der Waals surface area (Å²) in [6.07, 6.45) is 0.805. The van der Waals surface area contributed by atoms with Crippen molar-refractivity contribution in [1.29, 1.82) is 0 Å². The first kappa shape index (κ1) is 18.2. The first-order valence-electron chi connectivity index (χ1n) is 7.45. The van der Waals surface area contributed by atoms with Crippen LogP contribution in [-0.4, -0.2) is 22.8 Å². The number of pyridine rings is 1. The number of nitrogens with one attached hydrogen (secondary N) is 2. The number of rotatable bonds is 5. The highest BCUT2D eigenvalue weighted by atomic mass is 35.5. The predicted molar refractivity (Wildman–Crippen MR) is 95.9 cm³/mol. The molecule has 126 valence electrons. The molecule has 2 N–H and O–H groups in total. The molecule has 5 nitrogen and oxygen atoms in total. The van der Waals surface area contributed by atoms with Gasteiger partial charge in [-0.3, -0.25) is 9.59 Å². The number of anilines is 1. The van der Waals surface area contributed by atoms with E-state index in [-0.39, 0.29) is 23.3 Å². The van der Waals surface area contributed by atoms with Crippen LogP contribution in [0.3, 0.4) is 0 Å². The van der Waals surface area contributed by atoms with E-state index in [0.717, 1.165) is 6.42 Å². The van der Waals surface area contributed by atoms with Crippen LogP contribution in [0.5, 0.6) is 0 Å². The van der Waals surface area contributed by atoms with E-state index in [4.69, 9.17) is 23.2 Å². The maximum absolute atomic E-state index is 12.3. The summed E-state index contributed by atoms with van der Waals surface area (Å²) in [6.45, 7) is 3.87. The molecule has 7 heteroatoms. The van der Waals surface area contributed by atoms with Crippen LogP contribution in [0.2, 0.25) is 10.0 Å². The summed E-state index contributed by atoms with van der Waals surface area (Å²) in [4.78, 5) is 28.5. The lowest BCUT2D eigenvalue weighted by molar-refractivity contribution is 0.0934. The Hall–Kier alpha value is -2.11. The molecule has 1 atom stereocenters.